The Kier molecular flexibility index (Phi) is 2.92. The first-order valence-electron chi connectivity index (χ1n) is 6.99. The van der Waals surface area contributed by atoms with E-state index in [9.17, 15) is 9.59 Å². The van der Waals surface area contributed by atoms with Gasteiger partial charge in [-0.05, 0) is 36.8 Å². The van der Waals surface area contributed by atoms with Crippen molar-refractivity contribution in [1.29, 1.82) is 0 Å². The third-order valence-corrected chi connectivity index (χ3v) is 4.07. The quantitative estimate of drug-likeness (QED) is 0.583. The van der Waals surface area contributed by atoms with Gasteiger partial charge in [0.25, 0.3) is 5.56 Å². The Balaban J connectivity index is 2.30. The summed E-state index contributed by atoms with van der Waals surface area (Å²) in [7, 11) is 0. The molecule has 23 heavy (non-hydrogen) atoms. The smallest absolute Gasteiger partial charge is 0.333 e. The van der Waals surface area contributed by atoms with E-state index in [0.29, 0.717) is 27.2 Å². The first-order chi connectivity index (χ1) is 11.1. The number of hydrogen-bond acceptors (Lipinski definition) is 3. The van der Waals surface area contributed by atoms with Crippen LogP contribution in [0.15, 0.2) is 56.5 Å². The molecule has 0 amide bonds. The molecule has 0 bridgehead atoms. The van der Waals surface area contributed by atoms with E-state index in [1.165, 1.54) is 4.57 Å². The van der Waals surface area contributed by atoms with Gasteiger partial charge in [-0.2, -0.15) is 0 Å². The minimum Gasteiger partial charge on any atom is -0.449 e. The van der Waals surface area contributed by atoms with Gasteiger partial charge in [-0.3, -0.25) is 14.3 Å². The predicted molar refractivity (Wildman–Crippen MR) is 89.7 cm³/mol. The van der Waals surface area contributed by atoms with Crippen LogP contribution >= 0.6 is 11.6 Å². The van der Waals surface area contributed by atoms with E-state index in [1.54, 1.807) is 18.2 Å². The molecule has 0 unspecified atom stereocenters. The normalized spacial score (nSPS) is 11.4. The molecule has 4 aromatic rings. The summed E-state index contributed by atoms with van der Waals surface area (Å²) in [5.74, 6) is 0. The number of fused-ring (bicyclic) bond motifs is 3. The fourth-order valence-electron chi connectivity index (χ4n) is 2.79. The molecule has 0 saturated carbocycles. The van der Waals surface area contributed by atoms with E-state index < -0.39 is 11.2 Å². The van der Waals surface area contributed by atoms with Crippen molar-refractivity contribution in [3.05, 3.63) is 73.9 Å². The SMILES string of the molecule is Cc1ccccc1-n1c(=O)[nH]c(=O)c2oc3ccc(Cl)cc3c21. The summed E-state index contributed by atoms with van der Waals surface area (Å²) < 4.78 is 7.09. The maximum atomic E-state index is 12.5. The summed E-state index contributed by atoms with van der Waals surface area (Å²) >= 11 is 6.07. The van der Waals surface area contributed by atoms with Gasteiger partial charge in [0, 0.05) is 10.4 Å². The third-order valence-electron chi connectivity index (χ3n) is 3.83. The number of hydrogen-bond donors (Lipinski definition) is 1. The molecule has 0 aliphatic heterocycles. The van der Waals surface area contributed by atoms with Gasteiger partial charge < -0.3 is 4.42 Å². The molecule has 6 heteroatoms. The Morgan fingerprint density at radius 3 is 2.70 bits per heavy atom. The lowest BCUT2D eigenvalue weighted by atomic mass is 10.2. The molecule has 1 N–H and O–H groups in total. The van der Waals surface area contributed by atoms with Gasteiger partial charge in [-0.15, -0.1) is 0 Å². The summed E-state index contributed by atoms with van der Waals surface area (Å²) in [6.45, 7) is 1.90. The second-order valence-corrected chi connectivity index (χ2v) is 5.74. The molecule has 2 aromatic carbocycles. The Morgan fingerprint density at radius 1 is 1.13 bits per heavy atom. The van der Waals surface area contributed by atoms with E-state index in [2.05, 4.69) is 4.98 Å². The van der Waals surface area contributed by atoms with Crippen LogP contribution in [-0.2, 0) is 0 Å². The van der Waals surface area contributed by atoms with Crippen molar-refractivity contribution in [1.82, 2.24) is 9.55 Å². The number of rotatable bonds is 1. The molecule has 2 aromatic heterocycles. The maximum Gasteiger partial charge on any atom is 0.333 e. The van der Waals surface area contributed by atoms with Crippen LogP contribution in [0.4, 0.5) is 0 Å². The average molecular weight is 327 g/mol. The van der Waals surface area contributed by atoms with Gasteiger partial charge >= 0.3 is 5.69 Å². The molecular weight excluding hydrogens is 316 g/mol. The molecule has 0 aliphatic carbocycles. The standard InChI is InChI=1S/C17H11ClN2O3/c1-9-4-2-3-5-12(9)20-14-11-8-10(18)6-7-13(11)23-15(14)16(21)19-17(20)22/h2-8H,1H3,(H,19,21,22). The number of nitrogens with zero attached hydrogens (tertiary/aromatic N) is 1. The first kappa shape index (κ1) is 13.8. The highest BCUT2D eigenvalue weighted by atomic mass is 35.5. The fourth-order valence-corrected chi connectivity index (χ4v) is 2.96. The summed E-state index contributed by atoms with van der Waals surface area (Å²) in [5.41, 5.74) is 1.54. The minimum atomic E-state index is -0.554. The van der Waals surface area contributed by atoms with Crippen LogP contribution in [0.25, 0.3) is 27.8 Å². The van der Waals surface area contributed by atoms with Crippen LogP contribution in [0.1, 0.15) is 5.56 Å². The molecule has 5 nitrogen and oxygen atoms in total. The zero-order valence-corrected chi connectivity index (χ0v) is 12.8. The van der Waals surface area contributed by atoms with Gasteiger partial charge in [0.15, 0.2) is 0 Å². The molecule has 4 rings (SSSR count). The number of para-hydroxylation sites is 1. The lowest BCUT2D eigenvalue weighted by Gasteiger charge is -2.09. The van der Waals surface area contributed by atoms with Gasteiger partial charge in [-0.25, -0.2) is 4.79 Å². The van der Waals surface area contributed by atoms with E-state index >= 15 is 0 Å². The lowest BCUT2D eigenvalue weighted by molar-refractivity contribution is 0.658. The number of nitrogens with one attached hydrogen (secondary N) is 1. The molecule has 0 aliphatic rings. The highest BCUT2D eigenvalue weighted by Gasteiger charge is 2.18. The zero-order chi connectivity index (χ0) is 16.1. The Hall–Kier alpha value is -2.79. The van der Waals surface area contributed by atoms with E-state index in [-0.39, 0.29) is 5.58 Å². The number of aromatic amines is 1. The van der Waals surface area contributed by atoms with Crippen molar-refractivity contribution in [3.8, 4) is 5.69 Å². The molecular formula is C17H11ClN2O3. The van der Waals surface area contributed by atoms with Crippen molar-refractivity contribution < 1.29 is 4.42 Å². The Bertz CT molecular complexity index is 1180. The predicted octanol–water partition coefficient (Wildman–Crippen LogP) is 3.39. The van der Waals surface area contributed by atoms with Crippen molar-refractivity contribution in [2.75, 3.05) is 0 Å². The number of benzene rings is 2. The van der Waals surface area contributed by atoms with Crippen molar-refractivity contribution in [2.45, 2.75) is 6.92 Å². The third kappa shape index (κ3) is 2.01. The van der Waals surface area contributed by atoms with Crippen molar-refractivity contribution >= 4 is 33.7 Å². The highest BCUT2D eigenvalue weighted by molar-refractivity contribution is 6.31. The number of aryl methyl sites for hydroxylation is 1. The monoisotopic (exact) mass is 326 g/mol. The first-order valence-corrected chi connectivity index (χ1v) is 7.37. The van der Waals surface area contributed by atoms with E-state index in [1.807, 2.05) is 31.2 Å². The summed E-state index contributed by atoms with van der Waals surface area (Å²) in [4.78, 5) is 26.9. The van der Waals surface area contributed by atoms with Crippen LogP contribution in [-0.4, -0.2) is 9.55 Å². The van der Waals surface area contributed by atoms with Crippen LogP contribution in [0, 0.1) is 6.92 Å². The van der Waals surface area contributed by atoms with Gasteiger partial charge in [0.05, 0.1) is 5.69 Å². The summed E-state index contributed by atoms with van der Waals surface area (Å²) in [5, 5.41) is 1.13. The zero-order valence-electron chi connectivity index (χ0n) is 12.1. The second-order valence-electron chi connectivity index (χ2n) is 5.30. The highest BCUT2D eigenvalue weighted by Crippen LogP contribution is 2.30. The Morgan fingerprint density at radius 2 is 1.91 bits per heavy atom. The molecule has 0 atom stereocenters. The molecule has 0 saturated heterocycles. The number of halogens is 1. The molecule has 0 radical (unpaired) electrons. The molecule has 114 valence electrons. The minimum absolute atomic E-state index is 0.102. The van der Waals surface area contributed by atoms with E-state index in [0.717, 1.165) is 5.56 Å². The molecule has 2 heterocycles. The molecule has 0 fully saturated rings. The number of aromatic nitrogens is 2. The number of H-pyrrole nitrogens is 1. The van der Waals surface area contributed by atoms with Crippen LogP contribution in [0.3, 0.4) is 0 Å². The topological polar surface area (TPSA) is 68.0 Å². The van der Waals surface area contributed by atoms with E-state index in [4.69, 9.17) is 16.0 Å². The van der Waals surface area contributed by atoms with Crippen molar-refractivity contribution in [3.63, 3.8) is 0 Å². The fraction of sp³-hybridized carbons (Fsp3) is 0.0588. The van der Waals surface area contributed by atoms with Crippen LogP contribution in [0.5, 0.6) is 0 Å². The van der Waals surface area contributed by atoms with Gasteiger partial charge in [0.2, 0.25) is 5.58 Å². The van der Waals surface area contributed by atoms with Crippen molar-refractivity contribution in [2.24, 2.45) is 0 Å². The lowest BCUT2D eigenvalue weighted by Crippen LogP contribution is -2.29. The summed E-state index contributed by atoms with van der Waals surface area (Å²) in [6.07, 6.45) is 0. The second kappa shape index (κ2) is 4.86. The summed E-state index contributed by atoms with van der Waals surface area (Å²) in [6, 6.07) is 12.5. The van der Waals surface area contributed by atoms with Gasteiger partial charge in [0.1, 0.15) is 11.1 Å². The van der Waals surface area contributed by atoms with Crippen LogP contribution < -0.4 is 11.2 Å². The molecule has 0 spiro atoms. The Labute approximate surface area is 134 Å². The van der Waals surface area contributed by atoms with Gasteiger partial charge in [-0.1, -0.05) is 29.8 Å². The maximum absolute atomic E-state index is 12.5. The average Bonchev–Trinajstić information content (AvgIpc) is 2.88. The largest absolute Gasteiger partial charge is 0.449 e. The van der Waals surface area contributed by atoms with Crippen LogP contribution in [0.2, 0.25) is 5.02 Å². The number of furan rings is 1.